The van der Waals surface area contributed by atoms with Crippen molar-refractivity contribution in [1.82, 2.24) is 4.98 Å². The van der Waals surface area contributed by atoms with Crippen LogP contribution in [0.4, 0.5) is 11.4 Å². The quantitative estimate of drug-likeness (QED) is 0.392. The molecule has 6 nitrogen and oxygen atoms in total. The maximum atomic E-state index is 11.0. The number of hydrogen-bond acceptors (Lipinski definition) is 5. The van der Waals surface area contributed by atoms with E-state index in [1.807, 2.05) is 6.07 Å². The number of rotatable bonds is 2. The van der Waals surface area contributed by atoms with Crippen molar-refractivity contribution in [3.05, 3.63) is 51.2 Å². The Bertz CT molecular complexity index is 709. The highest BCUT2D eigenvalue weighted by Gasteiger charge is 2.19. The van der Waals surface area contributed by atoms with Gasteiger partial charge in [0, 0.05) is 17.3 Å². The second-order valence-corrected chi connectivity index (χ2v) is 4.06. The highest BCUT2D eigenvalue weighted by atomic mass is 35.5. The molecule has 0 radical (unpaired) electrons. The molecule has 7 heteroatoms. The number of nitrogen functional groups attached to an aromatic ring is 1. The smallest absolute Gasteiger partial charge is 0.295 e. The second-order valence-electron chi connectivity index (χ2n) is 3.67. The molecule has 0 spiro atoms. The third kappa shape index (κ3) is 2.46. The van der Waals surface area contributed by atoms with Crippen molar-refractivity contribution in [2.24, 2.45) is 0 Å². The largest absolute Gasteiger partial charge is 0.398 e. The molecule has 2 rings (SSSR count). The number of halogens is 1. The lowest BCUT2D eigenvalue weighted by Crippen LogP contribution is -1.98. The molecule has 0 amide bonds. The van der Waals surface area contributed by atoms with Gasteiger partial charge in [-0.1, -0.05) is 11.6 Å². The van der Waals surface area contributed by atoms with Crippen LogP contribution in [0.2, 0.25) is 5.15 Å². The monoisotopic (exact) mass is 274 g/mol. The van der Waals surface area contributed by atoms with E-state index in [1.54, 1.807) is 0 Å². The van der Waals surface area contributed by atoms with Crippen molar-refractivity contribution in [1.29, 1.82) is 5.26 Å². The minimum Gasteiger partial charge on any atom is -0.398 e. The number of hydrogen-bond donors (Lipinski definition) is 1. The van der Waals surface area contributed by atoms with Gasteiger partial charge in [0.05, 0.1) is 16.6 Å². The summed E-state index contributed by atoms with van der Waals surface area (Å²) < 4.78 is 0. The SMILES string of the molecule is N#Cc1ccc(N)c(-c2nc(Cl)ccc2[N+](=O)[O-])c1. The summed E-state index contributed by atoms with van der Waals surface area (Å²) in [6, 6.07) is 8.99. The van der Waals surface area contributed by atoms with Gasteiger partial charge in [0.2, 0.25) is 0 Å². The molecule has 0 aliphatic carbocycles. The number of nitro groups is 1. The molecule has 19 heavy (non-hydrogen) atoms. The summed E-state index contributed by atoms with van der Waals surface area (Å²) in [7, 11) is 0. The van der Waals surface area contributed by atoms with Gasteiger partial charge in [-0.3, -0.25) is 10.1 Å². The van der Waals surface area contributed by atoms with Gasteiger partial charge in [-0.2, -0.15) is 5.26 Å². The van der Waals surface area contributed by atoms with Crippen molar-refractivity contribution in [2.45, 2.75) is 0 Å². The molecule has 0 saturated heterocycles. The van der Waals surface area contributed by atoms with Crippen LogP contribution in [0, 0.1) is 21.4 Å². The fourth-order valence-electron chi connectivity index (χ4n) is 1.60. The Kier molecular flexibility index (Phi) is 3.31. The number of pyridine rings is 1. The Morgan fingerprint density at radius 2 is 2.11 bits per heavy atom. The van der Waals surface area contributed by atoms with Crippen molar-refractivity contribution in [2.75, 3.05) is 5.73 Å². The van der Waals surface area contributed by atoms with E-state index in [9.17, 15) is 10.1 Å². The fourth-order valence-corrected chi connectivity index (χ4v) is 1.75. The molecule has 0 unspecified atom stereocenters. The summed E-state index contributed by atoms with van der Waals surface area (Å²) in [6.45, 7) is 0. The van der Waals surface area contributed by atoms with Gasteiger partial charge >= 0.3 is 0 Å². The Morgan fingerprint density at radius 1 is 1.37 bits per heavy atom. The summed E-state index contributed by atoms with van der Waals surface area (Å²) >= 11 is 5.76. The molecule has 0 fully saturated rings. The fraction of sp³-hybridized carbons (Fsp3) is 0. The lowest BCUT2D eigenvalue weighted by atomic mass is 10.0. The number of nitrogens with zero attached hydrogens (tertiary/aromatic N) is 3. The lowest BCUT2D eigenvalue weighted by molar-refractivity contribution is -0.384. The van der Waals surface area contributed by atoms with Gasteiger partial charge in [-0.05, 0) is 24.3 Å². The number of benzene rings is 1. The molecular weight excluding hydrogens is 268 g/mol. The second kappa shape index (κ2) is 4.92. The predicted molar refractivity (Wildman–Crippen MR) is 70.5 cm³/mol. The van der Waals surface area contributed by atoms with Crippen LogP contribution in [-0.4, -0.2) is 9.91 Å². The molecule has 1 aromatic carbocycles. The first-order valence-corrected chi connectivity index (χ1v) is 5.51. The lowest BCUT2D eigenvalue weighted by Gasteiger charge is -2.06. The molecule has 1 aromatic heterocycles. The van der Waals surface area contributed by atoms with Crippen LogP contribution in [-0.2, 0) is 0 Å². The number of nitriles is 1. The summed E-state index contributed by atoms with van der Waals surface area (Å²) in [4.78, 5) is 14.4. The predicted octanol–water partition coefficient (Wildman–Crippen LogP) is 2.76. The summed E-state index contributed by atoms with van der Waals surface area (Å²) in [5.74, 6) is 0. The van der Waals surface area contributed by atoms with Gasteiger partial charge in [-0.15, -0.1) is 0 Å². The van der Waals surface area contributed by atoms with Crippen LogP contribution in [0.3, 0.4) is 0 Å². The maximum Gasteiger partial charge on any atom is 0.295 e. The van der Waals surface area contributed by atoms with Gasteiger partial charge in [0.1, 0.15) is 5.15 Å². The highest BCUT2D eigenvalue weighted by Crippen LogP contribution is 2.33. The Hall–Kier alpha value is -2.65. The zero-order valence-corrected chi connectivity index (χ0v) is 10.3. The van der Waals surface area contributed by atoms with Crippen molar-refractivity contribution in [3.63, 3.8) is 0 Å². The minimum atomic E-state index is -0.572. The van der Waals surface area contributed by atoms with Crippen molar-refractivity contribution in [3.8, 4) is 17.3 Å². The minimum absolute atomic E-state index is 0.0482. The normalized spacial score (nSPS) is 9.89. The summed E-state index contributed by atoms with van der Waals surface area (Å²) in [6.07, 6.45) is 0. The Morgan fingerprint density at radius 3 is 2.74 bits per heavy atom. The first kappa shape index (κ1) is 12.8. The van der Waals surface area contributed by atoms with E-state index in [1.165, 1.54) is 30.3 Å². The van der Waals surface area contributed by atoms with E-state index in [2.05, 4.69) is 4.98 Å². The van der Waals surface area contributed by atoms with Gasteiger partial charge in [-0.25, -0.2) is 4.98 Å². The highest BCUT2D eigenvalue weighted by molar-refractivity contribution is 6.29. The van der Waals surface area contributed by atoms with Crippen molar-refractivity contribution >= 4 is 23.0 Å². The third-order valence-electron chi connectivity index (χ3n) is 2.47. The topological polar surface area (TPSA) is 106 Å². The van der Waals surface area contributed by atoms with E-state index >= 15 is 0 Å². The summed E-state index contributed by atoms with van der Waals surface area (Å²) in [5.41, 5.74) is 6.55. The zero-order valence-electron chi connectivity index (χ0n) is 9.50. The van der Waals surface area contributed by atoms with Crippen molar-refractivity contribution < 1.29 is 4.92 Å². The third-order valence-corrected chi connectivity index (χ3v) is 2.68. The molecule has 0 atom stereocenters. The first-order valence-electron chi connectivity index (χ1n) is 5.14. The molecule has 0 saturated carbocycles. The molecule has 94 valence electrons. The van der Waals surface area contributed by atoms with E-state index in [0.717, 1.165) is 0 Å². The Balaban J connectivity index is 2.74. The molecule has 0 aliphatic rings. The van der Waals surface area contributed by atoms with E-state index in [4.69, 9.17) is 22.6 Å². The number of aromatic nitrogens is 1. The standard InChI is InChI=1S/C12H7ClN4O2/c13-11-4-3-10(17(18)19)12(16-11)8-5-7(6-14)1-2-9(8)15/h1-5H,15H2. The van der Waals surface area contributed by atoms with Crippen LogP contribution in [0.25, 0.3) is 11.3 Å². The maximum absolute atomic E-state index is 11.0. The van der Waals surface area contributed by atoms with Crippen LogP contribution in [0.5, 0.6) is 0 Å². The number of nitrogens with two attached hydrogens (primary N) is 1. The number of anilines is 1. The first-order chi connectivity index (χ1) is 9.02. The average molecular weight is 275 g/mol. The van der Waals surface area contributed by atoms with Gasteiger partial charge in [0.25, 0.3) is 5.69 Å². The summed E-state index contributed by atoms with van der Waals surface area (Å²) in [5, 5.41) is 20.0. The van der Waals surface area contributed by atoms with Gasteiger partial charge in [0.15, 0.2) is 5.69 Å². The van der Waals surface area contributed by atoms with Crippen LogP contribution >= 0.6 is 11.6 Å². The molecule has 2 N–H and O–H groups in total. The van der Waals surface area contributed by atoms with E-state index in [0.29, 0.717) is 11.1 Å². The van der Waals surface area contributed by atoms with Crippen LogP contribution in [0.15, 0.2) is 30.3 Å². The molecule has 2 aromatic rings. The van der Waals surface area contributed by atoms with Gasteiger partial charge < -0.3 is 5.73 Å². The Labute approximate surface area is 113 Å². The van der Waals surface area contributed by atoms with E-state index in [-0.39, 0.29) is 22.2 Å². The zero-order chi connectivity index (χ0) is 14.0. The molecule has 0 bridgehead atoms. The molecular formula is C12H7ClN4O2. The average Bonchev–Trinajstić information content (AvgIpc) is 2.38. The molecule has 1 heterocycles. The molecule has 0 aliphatic heterocycles. The van der Waals surface area contributed by atoms with Crippen LogP contribution in [0.1, 0.15) is 5.56 Å². The van der Waals surface area contributed by atoms with E-state index < -0.39 is 4.92 Å². The van der Waals surface area contributed by atoms with Crippen LogP contribution < -0.4 is 5.73 Å².